The molecule has 0 aromatic heterocycles. The van der Waals surface area contributed by atoms with E-state index in [-0.39, 0.29) is 6.04 Å². The Morgan fingerprint density at radius 1 is 1.06 bits per heavy atom. The van der Waals surface area contributed by atoms with Gasteiger partial charge in [-0.3, -0.25) is 4.79 Å². The van der Waals surface area contributed by atoms with Crippen LogP contribution in [0.1, 0.15) is 65.7 Å². The fourth-order valence-electron chi connectivity index (χ4n) is 1.96. The van der Waals surface area contributed by atoms with Crippen LogP contribution < -0.4 is 5.32 Å². The van der Waals surface area contributed by atoms with Crippen molar-refractivity contribution in [3.8, 4) is 0 Å². The van der Waals surface area contributed by atoms with Crippen molar-refractivity contribution >= 4 is 5.97 Å². The van der Waals surface area contributed by atoms with Gasteiger partial charge in [-0.15, -0.1) is 0 Å². The largest absolute Gasteiger partial charge is 0.480 e. The first-order valence-electron chi connectivity index (χ1n) is 6.64. The summed E-state index contributed by atoms with van der Waals surface area (Å²) in [5.74, 6) is -0.709. The first kappa shape index (κ1) is 15.4. The highest BCUT2D eigenvalue weighted by atomic mass is 16.4. The Hall–Kier alpha value is -0.570. The molecule has 0 aliphatic carbocycles. The Kier molecular flexibility index (Phi) is 9.30. The SMILES string of the molecule is CCCCC(CCC)NC(CCC)C(=O)O. The highest BCUT2D eigenvalue weighted by molar-refractivity contribution is 5.73. The number of hydrogen-bond donors (Lipinski definition) is 2. The molecule has 0 saturated heterocycles. The van der Waals surface area contributed by atoms with Gasteiger partial charge in [0.05, 0.1) is 0 Å². The van der Waals surface area contributed by atoms with E-state index in [4.69, 9.17) is 5.11 Å². The van der Waals surface area contributed by atoms with Crippen LogP contribution in [0.2, 0.25) is 0 Å². The lowest BCUT2D eigenvalue weighted by Gasteiger charge is -2.22. The van der Waals surface area contributed by atoms with Crippen molar-refractivity contribution in [3.63, 3.8) is 0 Å². The monoisotopic (exact) mass is 229 g/mol. The van der Waals surface area contributed by atoms with Crippen LogP contribution in [0.25, 0.3) is 0 Å². The molecule has 3 nitrogen and oxygen atoms in total. The van der Waals surface area contributed by atoms with E-state index in [1.165, 1.54) is 12.8 Å². The van der Waals surface area contributed by atoms with Crippen molar-refractivity contribution in [3.05, 3.63) is 0 Å². The summed E-state index contributed by atoms with van der Waals surface area (Å²) in [6.45, 7) is 6.35. The molecule has 0 heterocycles. The van der Waals surface area contributed by atoms with E-state index in [1.807, 2.05) is 6.92 Å². The van der Waals surface area contributed by atoms with Gasteiger partial charge in [0.1, 0.15) is 6.04 Å². The Balaban J connectivity index is 4.14. The maximum Gasteiger partial charge on any atom is 0.320 e. The van der Waals surface area contributed by atoms with Gasteiger partial charge in [0.2, 0.25) is 0 Å². The number of carboxylic acid groups (broad SMARTS) is 1. The standard InChI is InChI=1S/C13H27NO2/c1-4-7-10-11(8-5-2)14-12(9-6-3)13(15)16/h11-12,14H,4-10H2,1-3H3,(H,15,16). The molecule has 3 heteroatoms. The number of carboxylic acids is 1. The van der Waals surface area contributed by atoms with Crippen molar-refractivity contribution < 1.29 is 9.90 Å². The molecule has 0 aromatic carbocycles. The summed E-state index contributed by atoms with van der Waals surface area (Å²) >= 11 is 0. The summed E-state index contributed by atoms with van der Waals surface area (Å²) in [5.41, 5.74) is 0. The van der Waals surface area contributed by atoms with E-state index in [2.05, 4.69) is 19.2 Å². The molecule has 0 spiro atoms. The summed E-state index contributed by atoms with van der Waals surface area (Å²) in [4.78, 5) is 11.0. The van der Waals surface area contributed by atoms with Crippen LogP contribution in [0.3, 0.4) is 0 Å². The van der Waals surface area contributed by atoms with E-state index in [9.17, 15) is 4.79 Å². The quantitative estimate of drug-likeness (QED) is 0.605. The van der Waals surface area contributed by atoms with Crippen LogP contribution in [0.4, 0.5) is 0 Å². The smallest absolute Gasteiger partial charge is 0.320 e. The number of unbranched alkanes of at least 4 members (excludes halogenated alkanes) is 1. The predicted molar refractivity (Wildman–Crippen MR) is 67.7 cm³/mol. The lowest BCUT2D eigenvalue weighted by molar-refractivity contribution is -0.140. The van der Waals surface area contributed by atoms with Crippen molar-refractivity contribution in [2.45, 2.75) is 77.8 Å². The molecule has 0 aromatic rings. The molecule has 0 bridgehead atoms. The Labute approximate surface area is 99.6 Å². The second kappa shape index (κ2) is 9.64. The lowest BCUT2D eigenvalue weighted by atomic mass is 10.0. The molecule has 0 aliphatic heterocycles. The normalized spacial score (nSPS) is 14.7. The van der Waals surface area contributed by atoms with Crippen molar-refractivity contribution in [1.29, 1.82) is 0 Å². The molecule has 2 N–H and O–H groups in total. The number of carbonyl (C=O) groups is 1. The summed E-state index contributed by atoms with van der Waals surface area (Å²) in [7, 11) is 0. The topological polar surface area (TPSA) is 49.3 Å². The van der Waals surface area contributed by atoms with Gasteiger partial charge in [0.25, 0.3) is 0 Å². The van der Waals surface area contributed by atoms with Gasteiger partial charge in [-0.25, -0.2) is 0 Å². The summed E-state index contributed by atoms with van der Waals surface area (Å²) < 4.78 is 0. The molecular formula is C13H27NO2. The average Bonchev–Trinajstić information content (AvgIpc) is 2.25. The molecular weight excluding hydrogens is 202 g/mol. The third kappa shape index (κ3) is 6.83. The number of aliphatic carboxylic acids is 1. The minimum absolute atomic E-state index is 0.363. The van der Waals surface area contributed by atoms with Crippen molar-refractivity contribution in [2.75, 3.05) is 0 Å². The van der Waals surface area contributed by atoms with Crippen molar-refractivity contribution in [1.82, 2.24) is 5.32 Å². The third-order valence-electron chi connectivity index (χ3n) is 2.86. The van der Waals surface area contributed by atoms with E-state index in [1.54, 1.807) is 0 Å². The van der Waals surface area contributed by atoms with E-state index in [0.717, 1.165) is 32.1 Å². The fourth-order valence-corrected chi connectivity index (χ4v) is 1.96. The van der Waals surface area contributed by atoms with Gasteiger partial charge in [0, 0.05) is 6.04 Å². The zero-order chi connectivity index (χ0) is 12.4. The second-order valence-corrected chi connectivity index (χ2v) is 4.47. The highest BCUT2D eigenvalue weighted by Gasteiger charge is 2.19. The predicted octanol–water partition coefficient (Wildman–Crippen LogP) is 3.19. The number of nitrogens with one attached hydrogen (secondary N) is 1. The molecule has 16 heavy (non-hydrogen) atoms. The molecule has 2 atom stereocenters. The zero-order valence-electron chi connectivity index (χ0n) is 11.0. The molecule has 0 saturated carbocycles. The van der Waals surface area contributed by atoms with Crippen LogP contribution in [0.5, 0.6) is 0 Å². The maximum atomic E-state index is 11.0. The fraction of sp³-hybridized carbons (Fsp3) is 0.923. The average molecular weight is 229 g/mol. The molecule has 2 unspecified atom stereocenters. The van der Waals surface area contributed by atoms with Gasteiger partial charge in [-0.1, -0.05) is 46.5 Å². The summed E-state index contributed by atoms with van der Waals surface area (Å²) in [6, 6.07) is 0.0102. The van der Waals surface area contributed by atoms with E-state index < -0.39 is 5.97 Å². The van der Waals surface area contributed by atoms with Gasteiger partial charge in [-0.2, -0.15) is 0 Å². The molecule has 96 valence electrons. The molecule has 0 fully saturated rings. The first-order chi connectivity index (χ1) is 7.65. The number of rotatable bonds is 10. The van der Waals surface area contributed by atoms with Crippen LogP contribution >= 0.6 is 0 Å². The van der Waals surface area contributed by atoms with Gasteiger partial charge in [0.15, 0.2) is 0 Å². The van der Waals surface area contributed by atoms with Gasteiger partial charge >= 0.3 is 5.97 Å². The molecule has 0 rings (SSSR count). The molecule has 0 amide bonds. The van der Waals surface area contributed by atoms with Crippen LogP contribution in [-0.4, -0.2) is 23.2 Å². The molecule has 0 aliphatic rings. The van der Waals surface area contributed by atoms with Crippen molar-refractivity contribution in [2.24, 2.45) is 0 Å². The number of hydrogen-bond acceptors (Lipinski definition) is 2. The highest BCUT2D eigenvalue weighted by Crippen LogP contribution is 2.09. The Morgan fingerprint density at radius 2 is 1.69 bits per heavy atom. The minimum atomic E-state index is -0.709. The lowest BCUT2D eigenvalue weighted by Crippen LogP contribution is -2.43. The molecule has 0 radical (unpaired) electrons. The van der Waals surface area contributed by atoms with Gasteiger partial charge in [-0.05, 0) is 19.3 Å². The Bertz CT molecular complexity index is 183. The third-order valence-corrected chi connectivity index (χ3v) is 2.86. The Morgan fingerprint density at radius 3 is 2.12 bits per heavy atom. The van der Waals surface area contributed by atoms with Crippen LogP contribution in [0, 0.1) is 0 Å². The summed E-state index contributed by atoms with van der Waals surface area (Å²) in [6.07, 6.45) is 7.27. The van der Waals surface area contributed by atoms with E-state index >= 15 is 0 Å². The second-order valence-electron chi connectivity index (χ2n) is 4.47. The summed E-state index contributed by atoms with van der Waals surface area (Å²) in [5, 5.41) is 12.4. The zero-order valence-corrected chi connectivity index (χ0v) is 11.0. The van der Waals surface area contributed by atoms with E-state index in [0.29, 0.717) is 6.04 Å². The first-order valence-corrected chi connectivity index (χ1v) is 6.64. The minimum Gasteiger partial charge on any atom is -0.480 e. The van der Waals surface area contributed by atoms with Gasteiger partial charge < -0.3 is 10.4 Å². The van der Waals surface area contributed by atoms with Crippen LogP contribution in [0.15, 0.2) is 0 Å². The van der Waals surface area contributed by atoms with Crippen LogP contribution in [-0.2, 0) is 4.79 Å². The maximum absolute atomic E-state index is 11.0.